The first-order chi connectivity index (χ1) is 6.81. The molecule has 76 valence electrons. The molecule has 0 fully saturated rings. The predicted molar refractivity (Wildman–Crippen MR) is 54.4 cm³/mol. The van der Waals surface area contributed by atoms with Gasteiger partial charge < -0.3 is 15.6 Å². The smallest absolute Gasteiger partial charge is 0.347 e. The van der Waals surface area contributed by atoms with Crippen LogP contribution in [0.25, 0.3) is 0 Å². The van der Waals surface area contributed by atoms with Crippen molar-refractivity contribution >= 4 is 5.82 Å². The van der Waals surface area contributed by atoms with Crippen molar-refractivity contribution in [2.75, 3.05) is 18.4 Å². The Bertz CT molecular complexity index is 385. The summed E-state index contributed by atoms with van der Waals surface area (Å²) in [5.41, 5.74) is 1.83. The molecule has 0 saturated heterocycles. The predicted octanol–water partition coefficient (Wildman–Crippen LogP) is -0.153. The zero-order chi connectivity index (χ0) is 9.97. The van der Waals surface area contributed by atoms with E-state index < -0.39 is 0 Å². The van der Waals surface area contributed by atoms with Crippen LogP contribution in [-0.2, 0) is 13.0 Å². The standard InChI is InChI=1S/C9H14N4O/c1-2-11-8-6-3-4-10-5-7(6)12-9(14)13-8/h10H,2-5H2,1H3,(H2,11,12,13,14). The first-order valence-electron chi connectivity index (χ1n) is 4.88. The highest BCUT2D eigenvalue weighted by Gasteiger charge is 2.14. The number of aromatic nitrogens is 2. The molecule has 0 aliphatic carbocycles. The number of aromatic amines is 1. The summed E-state index contributed by atoms with van der Waals surface area (Å²) in [6.45, 7) is 4.46. The third-order valence-electron chi connectivity index (χ3n) is 2.32. The number of nitrogens with one attached hydrogen (secondary N) is 3. The summed E-state index contributed by atoms with van der Waals surface area (Å²) in [5, 5.41) is 6.33. The molecule has 1 aliphatic heterocycles. The van der Waals surface area contributed by atoms with Crippen LogP contribution in [0.3, 0.4) is 0 Å². The fraction of sp³-hybridized carbons (Fsp3) is 0.556. The third kappa shape index (κ3) is 1.63. The summed E-state index contributed by atoms with van der Waals surface area (Å²) in [6.07, 6.45) is 0.918. The SMILES string of the molecule is CCNc1nc(=O)[nH]c2c1CCNC2. The number of fused-ring (bicyclic) bond motifs is 1. The van der Waals surface area contributed by atoms with Crippen LogP contribution in [0.4, 0.5) is 5.82 Å². The summed E-state index contributed by atoms with van der Waals surface area (Å²) in [7, 11) is 0. The van der Waals surface area contributed by atoms with Crippen molar-refractivity contribution in [3.8, 4) is 0 Å². The summed E-state index contributed by atoms with van der Waals surface area (Å²) in [4.78, 5) is 17.9. The van der Waals surface area contributed by atoms with Crippen molar-refractivity contribution in [1.82, 2.24) is 15.3 Å². The van der Waals surface area contributed by atoms with Crippen molar-refractivity contribution < 1.29 is 0 Å². The van der Waals surface area contributed by atoms with E-state index in [0.29, 0.717) is 0 Å². The number of nitrogens with zero attached hydrogens (tertiary/aromatic N) is 1. The minimum Gasteiger partial charge on any atom is -0.370 e. The second kappa shape index (κ2) is 3.79. The van der Waals surface area contributed by atoms with E-state index in [1.807, 2.05) is 6.92 Å². The molecule has 5 heteroatoms. The molecule has 0 radical (unpaired) electrons. The maximum absolute atomic E-state index is 11.2. The molecule has 0 bridgehead atoms. The van der Waals surface area contributed by atoms with Gasteiger partial charge in [0.2, 0.25) is 0 Å². The van der Waals surface area contributed by atoms with Gasteiger partial charge in [-0.3, -0.25) is 0 Å². The fourth-order valence-corrected chi connectivity index (χ4v) is 1.71. The van der Waals surface area contributed by atoms with Crippen molar-refractivity contribution in [2.24, 2.45) is 0 Å². The van der Waals surface area contributed by atoms with E-state index in [2.05, 4.69) is 20.6 Å². The number of H-pyrrole nitrogens is 1. The zero-order valence-electron chi connectivity index (χ0n) is 8.18. The Morgan fingerprint density at radius 2 is 2.43 bits per heavy atom. The molecule has 3 N–H and O–H groups in total. The number of anilines is 1. The molecule has 5 nitrogen and oxygen atoms in total. The van der Waals surface area contributed by atoms with Crippen LogP contribution in [0.1, 0.15) is 18.2 Å². The molecule has 0 amide bonds. The molecule has 2 heterocycles. The lowest BCUT2D eigenvalue weighted by atomic mass is 10.1. The molecule has 0 saturated carbocycles. The summed E-state index contributed by atoms with van der Waals surface area (Å²) in [6, 6.07) is 0. The lowest BCUT2D eigenvalue weighted by Crippen LogP contribution is -2.30. The van der Waals surface area contributed by atoms with Crippen LogP contribution in [0.2, 0.25) is 0 Å². The quantitative estimate of drug-likeness (QED) is 0.612. The van der Waals surface area contributed by atoms with Gasteiger partial charge in [0.25, 0.3) is 0 Å². The Hall–Kier alpha value is -1.36. The van der Waals surface area contributed by atoms with Crippen LogP contribution in [0, 0.1) is 0 Å². The van der Waals surface area contributed by atoms with E-state index in [1.165, 1.54) is 0 Å². The Kier molecular flexibility index (Phi) is 2.49. The topological polar surface area (TPSA) is 69.8 Å². The third-order valence-corrected chi connectivity index (χ3v) is 2.32. The normalized spacial score (nSPS) is 14.9. The Morgan fingerprint density at radius 3 is 3.21 bits per heavy atom. The van der Waals surface area contributed by atoms with E-state index >= 15 is 0 Å². The maximum atomic E-state index is 11.2. The number of hydrogen-bond donors (Lipinski definition) is 3. The van der Waals surface area contributed by atoms with Gasteiger partial charge in [-0.25, -0.2) is 4.79 Å². The van der Waals surface area contributed by atoms with Crippen LogP contribution in [0.5, 0.6) is 0 Å². The van der Waals surface area contributed by atoms with Gasteiger partial charge in [0, 0.05) is 24.3 Å². The minimum absolute atomic E-state index is 0.275. The molecule has 0 atom stereocenters. The van der Waals surface area contributed by atoms with Gasteiger partial charge >= 0.3 is 5.69 Å². The Balaban J connectivity index is 2.47. The average Bonchev–Trinajstić information content (AvgIpc) is 2.18. The first kappa shape index (κ1) is 9.21. The Labute approximate surface area is 82.0 Å². The van der Waals surface area contributed by atoms with Crippen molar-refractivity contribution in [3.63, 3.8) is 0 Å². The van der Waals surface area contributed by atoms with Crippen LogP contribution in [-0.4, -0.2) is 23.1 Å². The highest BCUT2D eigenvalue weighted by atomic mass is 16.1. The van der Waals surface area contributed by atoms with Gasteiger partial charge in [0.05, 0.1) is 0 Å². The molecule has 1 aliphatic rings. The molecule has 2 rings (SSSR count). The number of rotatable bonds is 2. The van der Waals surface area contributed by atoms with E-state index in [0.717, 1.165) is 43.1 Å². The lowest BCUT2D eigenvalue weighted by Gasteiger charge is -2.18. The van der Waals surface area contributed by atoms with E-state index in [1.54, 1.807) is 0 Å². The molecule has 14 heavy (non-hydrogen) atoms. The molecule has 1 aromatic rings. The zero-order valence-corrected chi connectivity index (χ0v) is 8.18. The minimum atomic E-state index is -0.275. The van der Waals surface area contributed by atoms with Crippen LogP contribution >= 0.6 is 0 Å². The fourth-order valence-electron chi connectivity index (χ4n) is 1.71. The molecular formula is C9H14N4O. The lowest BCUT2D eigenvalue weighted by molar-refractivity contribution is 0.620. The largest absolute Gasteiger partial charge is 0.370 e. The van der Waals surface area contributed by atoms with Gasteiger partial charge in [-0.15, -0.1) is 0 Å². The molecule has 0 aromatic carbocycles. The molecule has 1 aromatic heterocycles. The van der Waals surface area contributed by atoms with Gasteiger partial charge in [-0.05, 0) is 19.9 Å². The summed E-state index contributed by atoms with van der Waals surface area (Å²) >= 11 is 0. The van der Waals surface area contributed by atoms with Gasteiger partial charge in [-0.1, -0.05) is 0 Å². The van der Waals surface area contributed by atoms with E-state index in [9.17, 15) is 4.79 Å². The van der Waals surface area contributed by atoms with Crippen molar-refractivity contribution in [2.45, 2.75) is 19.9 Å². The second-order valence-corrected chi connectivity index (χ2v) is 3.30. The van der Waals surface area contributed by atoms with Crippen LogP contribution in [0.15, 0.2) is 4.79 Å². The van der Waals surface area contributed by atoms with Gasteiger partial charge in [0.1, 0.15) is 5.82 Å². The summed E-state index contributed by atoms with van der Waals surface area (Å²) in [5.74, 6) is 0.743. The van der Waals surface area contributed by atoms with Crippen molar-refractivity contribution in [1.29, 1.82) is 0 Å². The Morgan fingerprint density at radius 1 is 1.57 bits per heavy atom. The monoisotopic (exact) mass is 194 g/mol. The average molecular weight is 194 g/mol. The van der Waals surface area contributed by atoms with Gasteiger partial charge in [0.15, 0.2) is 0 Å². The highest BCUT2D eigenvalue weighted by molar-refractivity contribution is 5.46. The van der Waals surface area contributed by atoms with Crippen LogP contribution < -0.4 is 16.3 Å². The number of hydrogen-bond acceptors (Lipinski definition) is 4. The van der Waals surface area contributed by atoms with E-state index in [-0.39, 0.29) is 5.69 Å². The van der Waals surface area contributed by atoms with Gasteiger partial charge in [-0.2, -0.15) is 4.98 Å². The maximum Gasteiger partial charge on any atom is 0.347 e. The van der Waals surface area contributed by atoms with E-state index in [4.69, 9.17) is 0 Å². The molecule has 0 unspecified atom stereocenters. The second-order valence-electron chi connectivity index (χ2n) is 3.30. The highest BCUT2D eigenvalue weighted by Crippen LogP contribution is 2.16. The first-order valence-corrected chi connectivity index (χ1v) is 4.88. The molecular weight excluding hydrogens is 180 g/mol. The summed E-state index contributed by atoms with van der Waals surface area (Å²) < 4.78 is 0. The van der Waals surface area contributed by atoms with Crippen molar-refractivity contribution in [3.05, 3.63) is 21.7 Å². The molecule has 0 spiro atoms.